The summed E-state index contributed by atoms with van der Waals surface area (Å²) < 4.78 is 4.40. The van der Waals surface area contributed by atoms with Crippen molar-refractivity contribution in [3.05, 3.63) is 0 Å². The van der Waals surface area contributed by atoms with Crippen molar-refractivity contribution in [1.29, 1.82) is 0 Å². The third kappa shape index (κ3) is 37.6. The van der Waals surface area contributed by atoms with Crippen LogP contribution in [0.4, 0.5) is 0 Å². The van der Waals surface area contributed by atoms with Gasteiger partial charge in [-0.1, -0.05) is 34.6 Å². The first-order valence-corrected chi connectivity index (χ1v) is 5.77. The molecular weight excluding hydrogens is 204 g/mol. The maximum absolute atomic E-state index is 9.82. The van der Waals surface area contributed by atoms with Gasteiger partial charge in [-0.05, 0) is 24.7 Å². The van der Waals surface area contributed by atoms with Crippen molar-refractivity contribution in [2.75, 3.05) is 13.7 Å². The molecule has 100 valence electrons. The zero-order valence-corrected chi connectivity index (χ0v) is 12.3. The standard InChI is InChI=1S/C8H18.C4H8O2.CH4O/c1-7(2)6-8(3,4)5;1-3-6-4(2)5;1-2/h7H,6H2,1-5H3;3H2,1-2H3;2H,1H3. The van der Waals surface area contributed by atoms with Crippen molar-refractivity contribution in [2.24, 2.45) is 11.3 Å². The van der Waals surface area contributed by atoms with Gasteiger partial charge in [-0.25, -0.2) is 0 Å². The topological polar surface area (TPSA) is 46.5 Å². The van der Waals surface area contributed by atoms with Crippen LogP contribution in [0.25, 0.3) is 0 Å². The summed E-state index contributed by atoms with van der Waals surface area (Å²) in [6.45, 7) is 15.0. The lowest BCUT2D eigenvalue weighted by molar-refractivity contribution is -0.140. The van der Waals surface area contributed by atoms with E-state index in [1.807, 2.05) is 0 Å². The Kier molecular flexibility index (Phi) is 16.2. The SMILES string of the molecule is CC(C)CC(C)(C)C.CCOC(C)=O.CO. The summed E-state index contributed by atoms with van der Waals surface area (Å²) in [5, 5.41) is 7.00. The number of rotatable bonds is 2. The highest BCUT2D eigenvalue weighted by molar-refractivity contribution is 5.65. The molecule has 3 heteroatoms. The van der Waals surface area contributed by atoms with E-state index in [2.05, 4.69) is 39.4 Å². The lowest BCUT2D eigenvalue weighted by Crippen LogP contribution is -2.08. The predicted molar refractivity (Wildman–Crippen MR) is 69.4 cm³/mol. The Morgan fingerprint density at radius 3 is 1.62 bits per heavy atom. The summed E-state index contributed by atoms with van der Waals surface area (Å²) in [6, 6.07) is 0. The molecule has 0 atom stereocenters. The Labute approximate surface area is 101 Å². The normalized spacial score (nSPS) is 9.62. The molecule has 0 fully saturated rings. The van der Waals surface area contributed by atoms with Crippen LogP contribution < -0.4 is 0 Å². The Bertz CT molecular complexity index is 146. The summed E-state index contributed by atoms with van der Waals surface area (Å²) in [4.78, 5) is 9.82. The summed E-state index contributed by atoms with van der Waals surface area (Å²) in [5.74, 6) is 0.632. The van der Waals surface area contributed by atoms with Gasteiger partial charge in [-0.3, -0.25) is 4.79 Å². The van der Waals surface area contributed by atoms with Crippen LogP contribution in [0.3, 0.4) is 0 Å². The molecule has 16 heavy (non-hydrogen) atoms. The molecular formula is C13H30O3. The molecule has 0 radical (unpaired) electrons. The van der Waals surface area contributed by atoms with E-state index < -0.39 is 0 Å². The van der Waals surface area contributed by atoms with Crippen molar-refractivity contribution < 1.29 is 14.6 Å². The Balaban J connectivity index is -0.000000188. The quantitative estimate of drug-likeness (QED) is 0.746. The zero-order chi connectivity index (χ0) is 13.8. The number of carbonyl (C=O) groups is 1. The molecule has 0 aliphatic carbocycles. The van der Waals surface area contributed by atoms with Gasteiger partial charge in [-0.15, -0.1) is 0 Å². The molecule has 0 unspecified atom stereocenters. The van der Waals surface area contributed by atoms with Gasteiger partial charge < -0.3 is 9.84 Å². The lowest BCUT2D eigenvalue weighted by Gasteiger charge is -2.19. The van der Waals surface area contributed by atoms with Gasteiger partial charge in [0.05, 0.1) is 6.61 Å². The highest BCUT2D eigenvalue weighted by atomic mass is 16.5. The molecule has 0 saturated heterocycles. The van der Waals surface area contributed by atoms with Gasteiger partial charge >= 0.3 is 5.97 Å². The van der Waals surface area contributed by atoms with E-state index in [0.717, 1.165) is 13.0 Å². The first-order chi connectivity index (χ1) is 7.19. The molecule has 0 rings (SSSR count). The van der Waals surface area contributed by atoms with Gasteiger partial charge in [0, 0.05) is 14.0 Å². The second-order valence-corrected chi connectivity index (χ2v) is 5.08. The number of esters is 1. The number of aliphatic hydroxyl groups is 1. The minimum Gasteiger partial charge on any atom is -0.466 e. The van der Waals surface area contributed by atoms with Gasteiger partial charge in [0.2, 0.25) is 0 Å². The number of hydrogen-bond donors (Lipinski definition) is 1. The molecule has 0 aromatic heterocycles. The van der Waals surface area contributed by atoms with E-state index in [0.29, 0.717) is 12.0 Å². The smallest absolute Gasteiger partial charge is 0.302 e. The first kappa shape index (κ1) is 20.8. The monoisotopic (exact) mass is 234 g/mol. The fourth-order valence-electron chi connectivity index (χ4n) is 1.43. The van der Waals surface area contributed by atoms with Gasteiger partial charge in [0.1, 0.15) is 0 Å². The fourth-order valence-corrected chi connectivity index (χ4v) is 1.43. The van der Waals surface area contributed by atoms with Crippen LogP contribution in [-0.2, 0) is 9.53 Å². The summed E-state index contributed by atoms with van der Waals surface area (Å²) >= 11 is 0. The number of aliphatic hydroxyl groups excluding tert-OH is 1. The summed E-state index contributed by atoms with van der Waals surface area (Å²) in [5.41, 5.74) is 0.522. The van der Waals surface area contributed by atoms with E-state index in [1.165, 1.54) is 13.3 Å². The van der Waals surface area contributed by atoms with E-state index in [-0.39, 0.29) is 5.97 Å². The Morgan fingerprint density at radius 1 is 1.25 bits per heavy atom. The van der Waals surface area contributed by atoms with Crippen LogP contribution in [0.15, 0.2) is 0 Å². The van der Waals surface area contributed by atoms with Crippen LogP contribution in [0, 0.1) is 11.3 Å². The number of hydrogen-bond acceptors (Lipinski definition) is 3. The van der Waals surface area contributed by atoms with Crippen molar-refractivity contribution in [1.82, 2.24) is 0 Å². The molecule has 0 spiro atoms. The van der Waals surface area contributed by atoms with Crippen molar-refractivity contribution in [2.45, 2.75) is 54.9 Å². The summed E-state index contributed by atoms with van der Waals surface area (Å²) in [6.07, 6.45) is 1.33. The van der Waals surface area contributed by atoms with Gasteiger partial charge in [0.25, 0.3) is 0 Å². The van der Waals surface area contributed by atoms with E-state index in [4.69, 9.17) is 5.11 Å². The molecule has 1 N–H and O–H groups in total. The summed E-state index contributed by atoms with van der Waals surface area (Å²) in [7, 11) is 1.00. The Hall–Kier alpha value is -0.570. The van der Waals surface area contributed by atoms with E-state index >= 15 is 0 Å². The molecule has 0 heterocycles. The molecule has 0 aliphatic rings. The molecule has 0 saturated carbocycles. The molecule has 3 nitrogen and oxygen atoms in total. The third-order valence-electron chi connectivity index (χ3n) is 1.37. The molecule has 0 aromatic rings. The highest BCUT2D eigenvalue weighted by Gasteiger charge is 2.11. The predicted octanol–water partition coefficient (Wildman–Crippen LogP) is 3.26. The first-order valence-electron chi connectivity index (χ1n) is 5.77. The van der Waals surface area contributed by atoms with Crippen molar-refractivity contribution in [3.63, 3.8) is 0 Å². The Morgan fingerprint density at radius 2 is 1.62 bits per heavy atom. The largest absolute Gasteiger partial charge is 0.466 e. The van der Waals surface area contributed by atoms with Gasteiger partial charge in [0.15, 0.2) is 0 Å². The molecule has 0 aromatic carbocycles. The second kappa shape index (κ2) is 12.5. The lowest BCUT2D eigenvalue weighted by atomic mass is 9.86. The van der Waals surface area contributed by atoms with Crippen LogP contribution in [0.5, 0.6) is 0 Å². The van der Waals surface area contributed by atoms with Crippen LogP contribution in [-0.4, -0.2) is 24.8 Å². The minimum absolute atomic E-state index is 0.211. The second-order valence-electron chi connectivity index (χ2n) is 5.08. The zero-order valence-electron chi connectivity index (χ0n) is 12.3. The van der Waals surface area contributed by atoms with E-state index in [9.17, 15) is 4.79 Å². The average molecular weight is 234 g/mol. The molecule has 0 aliphatic heterocycles. The van der Waals surface area contributed by atoms with Crippen molar-refractivity contribution >= 4 is 5.97 Å². The van der Waals surface area contributed by atoms with Crippen LogP contribution in [0.1, 0.15) is 54.9 Å². The van der Waals surface area contributed by atoms with Gasteiger partial charge in [-0.2, -0.15) is 0 Å². The molecule has 0 amide bonds. The maximum Gasteiger partial charge on any atom is 0.302 e. The maximum atomic E-state index is 9.82. The van der Waals surface area contributed by atoms with Crippen LogP contribution >= 0.6 is 0 Å². The number of carbonyl (C=O) groups excluding carboxylic acids is 1. The highest BCUT2D eigenvalue weighted by Crippen LogP contribution is 2.23. The molecule has 0 bridgehead atoms. The fraction of sp³-hybridized carbons (Fsp3) is 0.923. The van der Waals surface area contributed by atoms with Crippen LogP contribution in [0.2, 0.25) is 0 Å². The van der Waals surface area contributed by atoms with Crippen molar-refractivity contribution in [3.8, 4) is 0 Å². The third-order valence-corrected chi connectivity index (χ3v) is 1.37. The average Bonchev–Trinajstić information content (AvgIpc) is 2.03. The number of ether oxygens (including phenoxy) is 1. The van der Waals surface area contributed by atoms with E-state index in [1.54, 1.807) is 6.92 Å². The minimum atomic E-state index is -0.211.